The van der Waals surface area contributed by atoms with Gasteiger partial charge in [-0.1, -0.05) is 24.8 Å². The zero-order valence-corrected chi connectivity index (χ0v) is 11.0. The van der Waals surface area contributed by atoms with Gasteiger partial charge in [-0.05, 0) is 35.7 Å². The summed E-state index contributed by atoms with van der Waals surface area (Å²) >= 11 is 1.24. The van der Waals surface area contributed by atoms with Crippen molar-refractivity contribution in [3.63, 3.8) is 0 Å². The van der Waals surface area contributed by atoms with Gasteiger partial charge in [0.05, 0.1) is 0 Å². The quantitative estimate of drug-likeness (QED) is 0.768. The maximum Gasteiger partial charge on any atom is 0.275 e. The predicted octanol–water partition coefficient (Wildman–Crippen LogP) is 2.19. The van der Waals surface area contributed by atoms with E-state index in [1.54, 1.807) is 5.38 Å². The highest BCUT2D eigenvalue weighted by molar-refractivity contribution is 7.03. The first-order chi connectivity index (χ1) is 8.09. The van der Waals surface area contributed by atoms with E-state index in [0.29, 0.717) is 17.7 Å². The molecule has 1 aromatic heterocycles. The van der Waals surface area contributed by atoms with Crippen molar-refractivity contribution in [2.45, 2.75) is 39.2 Å². The molecule has 2 aliphatic rings. The van der Waals surface area contributed by atoms with Crippen LogP contribution in [-0.2, 0) is 0 Å². The molecular formula is C12H17N3OS. The summed E-state index contributed by atoms with van der Waals surface area (Å²) in [6.45, 7) is 5.42. The number of hydrogen-bond donors (Lipinski definition) is 0. The standard InChI is InChI=1S/C12H17N3OS/c1-12(2)7-15(10-5-3-4-8(10)12)11(16)9-6-17-14-13-9/h6,8,10H,3-5,7H2,1-2H3. The van der Waals surface area contributed by atoms with Gasteiger partial charge < -0.3 is 4.90 Å². The normalized spacial score (nSPS) is 30.6. The summed E-state index contributed by atoms with van der Waals surface area (Å²) in [5.74, 6) is 0.735. The lowest BCUT2D eigenvalue weighted by molar-refractivity contribution is 0.0716. The molecule has 1 amide bonds. The van der Waals surface area contributed by atoms with E-state index in [9.17, 15) is 4.79 Å². The summed E-state index contributed by atoms with van der Waals surface area (Å²) in [5, 5.41) is 5.65. The number of aromatic nitrogens is 2. The second-order valence-electron chi connectivity index (χ2n) is 5.82. The molecular weight excluding hydrogens is 234 g/mol. The van der Waals surface area contributed by atoms with Crippen LogP contribution in [0.25, 0.3) is 0 Å². The van der Waals surface area contributed by atoms with Crippen LogP contribution in [-0.4, -0.2) is 33.0 Å². The molecule has 0 spiro atoms. The first kappa shape index (κ1) is 11.1. The molecule has 1 aliphatic heterocycles. The van der Waals surface area contributed by atoms with Crippen LogP contribution in [0.2, 0.25) is 0 Å². The van der Waals surface area contributed by atoms with Crippen LogP contribution < -0.4 is 0 Å². The minimum absolute atomic E-state index is 0.0706. The number of likely N-dealkylation sites (tertiary alicyclic amines) is 1. The van der Waals surface area contributed by atoms with Gasteiger partial charge in [-0.2, -0.15) is 0 Å². The molecule has 3 rings (SSSR count). The van der Waals surface area contributed by atoms with E-state index >= 15 is 0 Å². The maximum absolute atomic E-state index is 12.4. The van der Waals surface area contributed by atoms with Crippen molar-refractivity contribution in [2.24, 2.45) is 11.3 Å². The second kappa shape index (κ2) is 3.77. The highest BCUT2D eigenvalue weighted by Crippen LogP contribution is 2.48. The molecule has 1 aromatic rings. The van der Waals surface area contributed by atoms with Crippen molar-refractivity contribution in [1.29, 1.82) is 0 Å². The number of carbonyl (C=O) groups excluding carboxylic acids is 1. The van der Waals surface area contributed by atoms with Gasteiger partial charge >= 0.3 is 0 Å². The number of amides is 1. The second-order valence-corrected chi connectivity index (χ2v) is 6.43. The maximum atomic E-state index is 12.4. The molecule has 0 N–H and O–H groups in total. The number of carbonyl (C=O) groups is 1. The van der Waals surface area contributed by atoms with Crippen LogP contribution in [0.4, 0.5) is 0 Å². The average Bonchev–Trinajstić information content (AvgIpc) is 2.96. The molecule has 2 atom stereocenters. The molecule has 4 nitrogen and oxygen atoms in total. The molecule has 17 heavy (non-hydrogen) atoms. The SMILES string of the molecule is CC1(C)CN(C(=O)c2csnn2)C2CCCC21. The number of hydrogen-bond acceptors (Lipinski definition) is 4. The molecule has 1 saturated heterocycles. The topological polar surface area (TPSA) is 46.1 Å². The van der Waals surface area contributed by atoms with Crippen LogP contribution in [0.5, 0.6) is 0 Å². The molecule has 5 heteroatoms. The third-order valence-corrected chi connectivity index (χ3v) is 4.81. The van der Waals surface area contributed by atoms with Crippen LogP contribution in [0.3, 0.4) is 0 Å². The summed E-state index contributed by atoms with van der Waals surface area (Å²) < 4.78 is 3.78. The van der Waals surface area contributed by atoms with Crippen molar-refractivity contribution >= 4 is 17.4 Å². The number of nitrogens with zero attached hydrogens (tertiary/aromatic N) is 3. The van der Waals surface area contributed by atoms with Crippen LogP contribution in [0, 0.1) is 11.3 Å². The summed E-state index contributed by atoms with van der Waals surface area (Å²) in [6, 6.07) is 0.430. The molecule has 0 bridgehead atoms. The van der Waals surface area contributed by atoms with E-state index in [-0.39, 0.29) is 11.3 Å². The highest BCUT2D eigenvalue weighted by atomic mass is 32.1. The van der Waals surface area contributed by atoms with Crippen LogP contribution in [0.1, 0.15) is 43.6 Å². The summed E-state index contributed by atoms with van der Waals surface area (Å²) in [6.07, 6.45) is 3.66. The monoisotopic (exact) mass is 251 g/mol. The first-order valence-corrected chi connectivity index (χ1v) is 7.01. The van der Waals surface area contributed by atoms with Gasteiger partial charge in [0, 0.05) is 18.0 Å². The lowest BCUT2D eigenvalue weighted by Crippen LogP contribution is -2.36. The van der Waals surface area contributed by atoms with Gasteiger partial charge in [-0.3, -0.25) is 4.79 Å². The Kier molecular flexibility index (Phi) is 2.47. The van der Waals surface area contributed by atoms with Crippen molar-refractivity contribution in [3.8, 4) is 0 Å². The smallest absolute Gasteiger partial charge is 0.275 e. The van der Waals surface area contributed by atoms with Crippen molar-refractivity contribution in [3.05, 3.63) is 11.1 Å². The van der Waals surface area contributed by atoms with Crippen molar-refractivity contribution in [2.75, 3.05) is 6.54 Å². The lowest BCUT2D eigenvalue weighted by atomic mass is 9.80. The van der Waals surface area contributed by atoms with E-state index in [1.165, 1.54) is 24.4 Å². The largest absolute Gasteiger partial charge is 0.333 e. The van der Waals surface area contributed by atoms with Gasteiger partial charge in [-0.25, -0.2) is 0 Å². The molecule has 0 radical (unpaired) electrons. The Morgan fingerprint density at radius 1 is 1.53 bits per heavy atom. The van der Waals surface area contributed by atoms with E-state index in [4.69, 9.17) is 0 Å². The Morgan fingerprint density at radius 3 is 3.06 bits per heavy atom. The number of fused-ring (bicyclic) bond motifs is 1. The molecule has 1 saturated carbocycles. The van der Waals surface area contributed by atoms with E-state index in [2.05, 4.69) is 23.4 Å². The minimum Gasteiger partial charge on any atom is -0.333 e. The third-order valence-electron chi connectivity index (χ3n) is 4.30. The fourth-order valence-corrected chi connectivity index (χ4v) is 3.96. The van der Waals surface area contributed by atoms with Gasteiger partial charge in [0.25, 0.3) is 5.91 Å². The Hall–Kier alpha value is -0.970. The Bertz CT molecular complexity index is 429. The minimum atomic E-state index is 0.0706. The van der Waals surface area contributed by atoms with E-state index in [0.717, 1.165) is 13.0 Å². The third kappa shape index (κ3) is 1.68. The summed E-state index contributed by atoms with van der Waals surface area (Å²) in [4.78, 5) is 14.4. The van der Waals surface area contributed by atoms with E-state index in [1.807, 2.05) is 4.90 Å². The Labute approximate surface area is 105 Å². The number of rotatable bonds is 1. The molecule has 2 fully saturated rings. The molecule has 2 unspecified atom stereocenters. The lowest BCUT2D eigenvalue weighted by Gasteiger charge is -2.23. The Morgan fingerprint density at radius 2 is 2.35 bits per heavy atom. The molecule has 1 aliphatic carbocycles. The fraction of sp³-hybridized carbons (Fsp3) is 0.750. The van der Waals surface area contributed by atoms with Gasteiger partial charge in [-0.15, -0.1) is 5.10 Å². The molecule has 0 aromatic carbocycles. The van der Waals surface area contributed by atoms with Crippen molar-refractivity contribution < 1.29 is 4.79 Å². The average molecular weight is 251 g/mol. The van der Waals surface area contributed by atoms with Crippen LogP contribution in [0.15, 0.2) is 5.38 Å². The van der Waals surface area contributed by atoms with Crippen molar-refractivity contribution in [1.82, 2.24) is 14.5 Å². The van der Waals surface area contributed by atoms with Gasteiger partial charge in [0.2, 0.25) is 0 Å². The van der Waals surface area contributed by atoms with Gasteiger partial charge in [0.1, 0.15) is 0 Å². The van der Waals surface area contributed by atoms with Crippen LogP contribution >= 0.6 is 11.5 Å². The Balaban J connectivity index is 1.87. The predicted molar refractivity (Wildman–Crippen MR) is 65.9 cm³/mol. The zero-order valence-electron chi connectivity index (χ0n) is 10.2. The van der Waals surface area contributed by atoms with E-state index < -0.39 is 0 Å². The molecule has 92 valence electrons. The summed E-state index contributed by atoms with van der Waals surface area (Å²) in [5.41, 5.74) is 0.763. The summed E-state index contributed by atoms with van der Waals surface area (Å²) in [7, 11) is 0. The zero-order chi connectivity index (χ0) is 12.0. The fourth-order valence-electron chi connectivity index (χ4n) is 3.53. The van der Waals surface area contributed by atoms with Gasteiger partial charge in [0.15, 0.2) is 5.69 Å². The first-order valence-electron chi connectivity index (χ1n) is 6.17. The highest BCUT2D eigenvalue weighted by Gasteiger charge is 2.50. The molecule has 2 heterocycles.